The quantitative estimate of drug-likeness (QED) is 0.357. The molecule has 0 unspecified atom stereocenters. The van der Waals surface area contributed by atoms with Gasteiger partial charge in [-0.1, -0.05) is 24.3 Å². The zero-order valence-corrected chi connectivity index (χ0v) is 22.6. The zero-order chi connectivity index (χ0) is 27.2. The van der Waals surface area contributed by atoms with Gasteiger partial charge in [0.05, 0.1) is 39.4 Å². The molecule has 0 spiro atoms. The Labute approximate surface area is 223 Å². The number of dihydropyridines is 1. The van der Waals surface area contributed by atoms with Crippen molar-refractivity contribution in [3.8, 4) is 17.2 Å². The van der Waals surface area contributed by atoms with Crippen LogP contribution in [0.2, 0.25) is 0 Å². The highest BCUT2D eigenvalue weighted by atomic mass is 16.6. The molecule has 8 heteroatoms. The Kier molecular flexibility index (Phi) is 8.73. The van der Waals surface area contributed by atoms with Gasteiger partial charge in [-0.2, -0.15) is 0 Å². The highest BCUT2D eigenvalue weighted by molar-refractivity contribution is 6.04. The normalized spacial score (nSPS) is 19.0. The van der Waals surface area contributed by atoms with Crippen molar-refractivity contribution in [2.75, 3.05) is 41.2 Å². The van der Waals surface area contributed by atoms with Gasteiger partial charge in [-0.25, -0.2) is 4.79 Å². The summed E-state index contributed by atoms with van der Waals surface area (Å²) in [5.41, 5.74) is 4.12. The van der Waals surface area contributed by atoms with Crippen molar-refractivity contribution in [2.45, 2.75) is 38.5 Å². The minimum atomic E-state index is -0.666. The van der Waals surface area contributed by atoms with Gasteiger partial charge in [0, 0.05) is 35.6 Å². The predicted octanol–water partition coefficient (Wildman–Crippen LogP) is 4.65. The second-order valence-electron chi connectivity index (χ2n) is 9.21. The summed E-state index contributed by atoms with van der Waals surface area (Å²) >= 11 is 0. The van der Waals surface area contributed by atoms with Crippen molar-refractivity contribution in [3.05, 3.63) is 76.1 Å². The molecule has 1 aliphatic heterocycles. The fourth-order valence-electron chi connectivity index (χ4n) is 5.29. The number of hydrogen-bond acceptors (Lipinski definition) is 8. The molecule has 1 N–H and O–H groups in total. The van der Waals surface area contributed by atoms with Gasteiger partial charge < -0.3 is 29.0 Å². The first-order valence-corrected chi connectivity index (χ1v) is 12.8. The topological polar surface area (TPSA) is 92.3 Å². The lowest BCUT2D eigenvalue weighted by molar-refractivity contribution is -0.140. The average molecular weight is 522 g/mol. The number of rotatable bonds is 10. The third-order valence-corrected chi connectivity index (χ3v) is 7.04. The van der Waals surface area contributed by atoms with Crippen molar-refractivity contribution < 1.29 is 33.3 Å². The number of Topliss-reactive ketones (excluding diaryl/α,β-unsaturated/α-hetero) is 1. The lowest BCUT2D eigenvalue weighted by Crippen LogP contribution is -2.36. The number of methoxy groups -OCH3 is 3. The summed E-state index contributed by atoms with van der Waals surface area (Å²) in [5.74, 6) is 0.573. The molecule has 0 amide bonds. The van der Waals surface area contributed by atoms with E-state index in [-0.39, 0.29) is 18.3 Å². The van der Waals surface area contributed by atoms with Crippen molar-refractivity contribution in [2.24, 2.45) is 0 Å². The van der Waals surface area contributed by atoms with Gasteiger partial charge in [-0.3, -0.25) is 4.79 Å². The zero-order valence-electron chi connectivity index (χ0n) is 22.6. The number of esters is 1. The molecule has 4 rings (SSSR count). The van der Waals surface area contributed by atoms with E-state index in [1.54, 1.807) is 27.4 Å². The molecule has 2 atom stereocenters. The van der Waals surface area contributed by atoms with E-state index in [2.05, 4.69) is 5.32 Å². The first kappa shape index (κ1) is 27.3. The van der Waals surface area contributed by atoms with E-state index >= 15 is 0 Å². The van der Waals surface area contributed by atoms with Crippen LogP contribution in [0.5, 0.6) is 17.2 Å². The van der Waals surface area contributed by atoms with Gasteiger partial charge in [0.2, 0.25) is 0 Å². The lowest BCUT2D eigenvalue weighted by Gasteiger charge is -2.37. The molecule has 0 saturated carbocycles. The fraction of sp³-hybridized carbons (Fsp3) is 0.400. The lowest BCUT2D eigenvalue weighted by atomic mass is 9.71. The Bertz CT molecular complexity index is 1250. The molecule has 8 nitrogen and oxygen atoms in total. The first-order chi connectivity index (χ1) is 18.4. The van der Waals surface area contributed by atoms with E-state index in [1.165, 1.54) is 0 Å². The number of allylic oxidation sites excluding steroid dienone is 3. The highest BCUT2D eigenvalue weighted by Gasteiger charge is 2.42. The van der Waals surface area contributed by atoms with Gasteiger partial charge in [0.15, 0.2) is 17.3 Å². The monoisotopic (exact) mass is 521 g/mol. The fourth-order valence-corrected chi connectivity index (χ4v) is 5.29. The van der Waals surface area contributed by atoms with Crippen LogP contribution in [0.15, 0.2) is 65.0 Å². The highest BCUT2D eigenvalue weighted by Crippen LogP contribution is 2.49. The Morgan fingerprint density at radius 2 is 1.74 bits per heavy atom. The SMILES string of the molecule is CCOCCOC(=O)C1=C(C)NC2=C(C(=O)C[C@@H](c3ccc(OC)cc3)C2)[C@@H]1c1cccc(OC)c1OC. The van der Waals surface area contributed by atoms with Crippen LogP contribution in [0.1, 0.15) is 49.7 Å². The number of benzene rings is 2. The minimum absolute atomic E-state index is 0.00000489. The van der Waals surface area contributed by atoms with Crippen molar-refractivity contribution >= 4 is 11.8 Å². The molecule has 1 aliphatic carbocycles. The summed E-state index contributed by atoms with van der Waals surface area (Å²) in [6.45, 7) is 4.66. The van der Waals surface area contributed by atoms with Crippen LogP contribution in [-0.2, 0) is 19.1 Å². The van der Waals surface area contributed by atoms with E-state index in [0.29, 0.717) is 60.0 Å². The number of para-hydroxylation sites is 1. The van der Waals surface area contributed by atoms with Gasteiger partial charge in [-0.15, -0.1) is 0 Å². The van der Waals surface area contributed by atoms with Gasteiger partial charge in [0.25, 0.3) is 0 Å². The summed E-state index contributed by atoms with van der Waals surface area (Å²) in [5, 5.41) is 3.38. The maximum atomic E-state index is 13.9. The minimum Gasteiger partial charge on any atom is -0.497 e. The number of carbonyl (C=O) groups is 2. The van der Waals surface area contributed by atoms with Crippen molar-refractivity contribution in [1.29, 1.82) is 0 Å². The summed E-state index contributed by atoms with van der Waals surface area (Å²) < 4.78 is 27.5. The Morgan fingerprint density at radius 3 is 2.39 bits per heavy atom. The van der Waals surface area contributed by atoms with Crippen LogP contribution < -0.4 is 19.5 Å². The Hall–Kier alpha value is -3.78. The third kappa shape index (κ3) is 5.41. The molecule has 202 valence electrons. The smallest absolute Gasteiger partial charge is 0.336 e. The molecule has 0 aromatic heterocycles. The molecular weight excluding hydrogens is 486 g/mol. The van der Waals surface area contributed by atoms with Gasteiger partial charge in [0.1, 0.15) is 12.4 Å². The standard InChI is InChI=1S/C30H35NO7/c1-6-37-14-15-38-30(33)26-18(2)31-23-16-20(19-10-12-21(34-3)13-11-19)17-24(32)28(23)27(26)22-8-7-9-25(35-4)29(22)36-5/h7-13,20,27,31H,6,14-17H2,1-5H3/t20-,27+/m0/s1. The number of carbonyl (C=O) groups excluding carboxylic acids is 2. The van der Waals surface area contributed by atoms with Crippen molar-refractivity contribution in [1.82, 2.24) is 5.32 Å². The van der Waals surface area contributed by atoms with Crippen LogP contribution in [0.25, 0.3) is 0 Å². The number of hydrogen-bond donors (Lipinski definition) is 1. The Balaban J connectivity index is 1.77. The first-order valence-electron chi connectivity index (χ1n) is 12.8. The van der Waals surface area contributed by atoms with E-state index < -0.39 is 11.9 Å². The summed E-state index contributed by atoms with van der Waals surface area (Å²) in [4.78, 5) is 27.3. The van der Waals surface area contributed by atoms with Crippen LogP contribution in [0, 0.1) is 0 Å². The van der Waals surface area contributed by atoms with Gasteiger partial charge in [-0.05, 0) is 49.9 Å². The van der Waals surface area contributed by atoms with Gasteiger partial charge >= 0.3 is 5.97 Å². The molecule has 2 aromatic carbocycles. The van der Waals surface area contributed by atoms with E-state index in [9.17, 15) is 9.59 Å². The summed E-state index contributed by atoms with van der Waals surface area (Å²) in [7, 11) is 4.74. The van der Waals surface area contributed by atoms with E-state index in [1.807, 2.05) is 50.2 Å². The molecule has 2 aromatic rings. The molecular formula is C30H35NO7. The van der Waals surface area contributed by atoms with Crippen LogP contribution in [0.4, 0.5) is 0 Å². The summed E-state index contributed by atoms with van der Waals surface area (Å²) in [6.07, 6.45) is 0.946. The maximum absolute atomic E-state index is 13.9. The molecule has 0 saturated heterocycles. The van der Waals surface area contributed by atoms with Crippen LogP contribution >= 0.6 is 0 Å². The summed E-state index contributed by atoms with van der Waals surface area (Å²) in [6, 6.07) is 13.3. The molecule has 0 fully saturated rings. The predicted molar refractivity (Wildman–Crippen MR) is 143 cm³/mol. The molecule has 38 heavy (non-hydrogen) atoms. The Morgan fingerprint density at radius 1 is 0.974 bits per heavy atom. The molecule has 0 bridgehead atoms. The molecule has 2 aliphatic rings. The van der Waals surface area contributed by atoms with Crippen LogP contribution in [0.3, 0.4) is 0 Å². The second kappa shape index (κ2) is 12.2. The van der Waals surface area contributed by atoms with Crippen molar-refractivity contribution in [3.63, 3.8) is 0 Å². The number of ketones is 1. The largest absolute Gasteiger partial charge is 0.497 e. The molecule has 0 radical (unpaired) electrons. The number of nitrogens with one attached hydrogen (secondary N) is 1. The maximum Gasteiger partial charge on any atom is 0.336 e. The van der Waals surface area contributed by atoms with Crippen LogP contribution in [-0.4, -0.2) is 52.9 Å². The van der Waals surface area contributed by atoms with E-state index in [4.69, 9.17) is 23.7 Å². The second-order valence-corrected chi connectivity index (χ2v) is 9.21. The third-order valence-electron chi connectivity index (χ3n) is 7.04. The van der Waals surface area contributed by atoms with E-state index in [0.717, 1.165) is 17.0 Å². The molecule has 1 heterocycles. The average Bonchev–Trinajstić information content (AvgIpc) is 2.93. The number of ether oxygens (including phenoxy) is 5.